The predicted molar refractivity (Wildman–Crippen MR) is 94.1 cm³/mol. The summed E-state index contributed by atoms with van der Waals surface area (Å²) in [5.74, 6) is 0.901. The number of hydrogen-bond donors (Lipinski definition) is 0. The van der Waals surface area contributed by atoms with Crippen molar-refractivity contribution in [2.24, 2.45) is 0 Å². The summed E-state index contributed by atoms with van der Waals surface area (Å²) in [7, 11) is 0. The zero-order valence-electron chi connectivity index (χ0n) is 13.3. The van der Waals surface area contributed by atoms with E-state index >= 15 is 0 Å². The largest absolute Gasteiger partial charge is 0.494 e. The summed E-state index contributed by atoms with van der Waals surface area (Å²) < 4.78 is 11.2. The highest BCUT2D eigenvalue weighted by Crippen LogP contribution is 2.30. The maximum atomic E-state index is 6.39. The standard InChI is InChI=1S/C20H21ClO2/c1-2-22-18-9-6-15(7-10-18)13-17-14-16(8-11-19(17)21)20-5-3-4-12-23-20/h4,6-12,14,20H,2-3,5,13H2,1H3/t20-/m0/s1. The lowest BCUT2D eigenvalue weighted by atomic mass is 9.98. The van der Waals surface area contributed by atoms with Gasteiger partial charge in [-0.2, -0.15) is 0 Å². The Labute approximate surface area is 142 Å². The fourth-order valence-electron chi connectivity index (χ4n) is 2.80. The monoisotopic (exact) mass is 328 g/mol. The van der Waals surface area contributed by atoms with E-state index in [0.29, 0.717) is 6.61 Å². The van der Waals surface area contributed by atoms with Crippen LogP contribution in [0.1, 0.15) is 42.6 Å². The normalized spacial score (nSPS) is 16.9. The number of rotatable bonds is 5. The molecule has 0 amide bonds. The molecule has 2 aromatic rings. The van der Waals surface area contributed by atoms with Gasteiger partial charge in [0, 0.05) is 5.02 Å². The molecule has 0 saturated heterocycles. The van der Waals surface area contributed by atoms with Crippen molar-refractivity contribution >= 4 is 11.6 Å². The second-order valence-electron chi connectivity index (χ2n) is 5.68. The number of ether oxygens (including phenoxy) is 2. The topological polar surface area (TPSA) is 18.5 Å². The molecule has 23 heavy (non-hydrogen) atoms. The van der Waals surface area contributed by atoms with Gasteiger partial charge in [-0.25, -0.2) is 0 Å². The minimum Gasteiger partial charge on any atom is -0.494 e. The molecule has 0 N–H and O–H groups in total. The third-order valence-corrected chi connectivity index (χ3v) is 4.37. The summed E-state index contributed by atoms with van der Waals surface area (Å²) in [4.78, 5) is 0. The van der Waals surface area contributed by atoms with E-state index in [4.69, 9.17) is 21.1 Å². The van der Waals surface area contributed by atoms with Crippen LogP contribution in [-0.4, -0.2) is 6.61 Å². The Morgan fingerprint density at radius 1 is 1.17 bits per heavy atom. The van der Waals surface area contributed by atoms with Crippen LogP contribution in [0, 0.1) is 0 Å². The summed E-state index contributed by atoms with van der Waals surface area (Å²) in [5, 5.41) is 0.800. The fourth-order valence-corrected chi connectivity index (χ4v) is 2.98. The molecule has 120 valence electrons. The van der Waals surface area contributed by atoms with Gasteiger partial charge in [-0.1, -0.05) is 35.9 Å². The summed E-state index contributed by atoms with van der Waals surface area (Å²) >= 11 is 6.39. The van der Waals surface area contributed by atoms with Crippen molar-refractivity contribution in [3.8, 4) is 5.75 Å². The van der Waals surface area contributed by atoms with E-state index < -0.39 is 0 Å². The zero-order chi connectivity index (χ0) is 16.1. The zero-order valence-corrected chi connectivity index (χ0v) is 14.1. The Balaban J connectivity index is 1.77. The van der Waals surface area contributed by atoms with Crippen molar-refractivity contribution in [3.63, 3.8) is 0 Å². The molecule has 0 spiro atoms. The fraction of sp³-hybridized carbons (Fsp3) is 0.300. The second-order valence-corrected chi connectivity index (χ2v) is 6.09. The van der Waals surface area contributed by atoms with E-state index in [9.17, 15) is 0 Å². The van der Waals surface area contributed by atoms with Crippen LogP contribution in [-0.2, 0) is 11.2 Å². The smallest absolute Gasteiger partial charge is 0.123 e. The van der Waals surface area contributed by atoms with E-state index in [2.05, 4.69) is 30.3 Å². The number of benzene rings is 2. The Bertz CT molecular complexity index is 677. The second kappa shape index (κ2) is 7.56. The van der Waals surface area contributed by atoms with E-state index in [-0.39, 0.29) is 6.10 Å². The minimum absolute atomic E-state index is 0.136. The molecule has 1 aliphatic heterocycles. The van der Waals surface area contributed by atoms with Gasteiger partial charge >= 0.3 is 0 Å². The Hall–Kier alpha value is -1.93. The molecule has 0 aromatic heterocycles. The molecule has 0 unspecified atom stereocenters. The lowest BCUT2D eigenvalue weighted by molar-refractivity contribution is 0.125. The van der Waals surface area contributed by atoms with Crippen LogP contribution >= 0.6 is 11.6 Å². The molecule has 3 heteroatoms. The molecule has 1 heterocycles. The number of hydrogen-bond acceptors (Lipinski definition) is 2. The predicted octanol–water partition coefficient (Wildman–Crippen LogP) is 5.69. The molecule has 2 nitrogen and oxygen atoms in total. The molecule has 0 radical (unpaired) electrons. The molecule has 0 saturated carbocycles. The first-order chi connectivity index (χ1) is 11.3. The highest BCUT2D eigenvalue weighted by atomic mass is 35.5. The molecule has 0 bridgehead atoms. The average molecular weight is 329 g/mol. The molecule has 1 atom stereocenters. The molecule has 1 aliphatic rings. The number of allylic oxidation sites excluding steroid dienone is 1. The SMILES string of the molecule is CCOc1ccc(Cc2cc([C@@H]3CCC=CO3)ccc2Cl)cc1. The van der Waals surface area contributed by atoms with Gasteiger partial charge in [0.1, 0.15) is 11.9 Å². The van der Waals surface area contributed by atoms with Gasteiger partial charge in [0.2, 0.25) is 0 Å². The van der Waals surface area contributed by atoms with Crippen LogP contribution in [0.5, 0.6) is 5.75 Å². The summed E-state index contributed by atoms with van der Waals surface area (Å²) in [6.45, 7) is 2.67. The van der Waals surface area contributed by atoms with Crippen LogP contribution in [0.2, 0.25) is 5.02 Å². The molecular weight excluding hydrogens is 308 g/mol. The van der Waals surface area contributed by atoms with Gasteiger partial charge in [-0.3, -0.25) is 0 Å². The third kappa shape index (κ3) is 4.08. The van der Waals surface area contributed by atoms with Crippen LogP contribution in [0.4, 0.5) is 0 Å². The third-order valence-electron chi connectivity index (χ3n) is 4.01. The minimum atomic E-state index is 0.136. The molecule has 3 rings (SSSR count). The van der Waals surface area contributed by atoms with Crippen LogP contribution in [0.15, 0.2) is 54.8 Å². The van der Waals surface area contributed by atoms with Gasteiger partial charge < -0.3 is 9.47 Å². The Morgan fingerprint density at radius 3 is 2.70 bits per heavy atom. The van der Waals surface area contributed by atoms with Crippen molar-refractivity contribution in [2.45, 2.75) is 32.3 Å². The maximum Gasteiger partial charge on any atom is 0.123 e. The highest BCUT2D eigenvalue weighted by molar-refractivity contribution is 6.31. The quantitative estimate of drug-likeness (QED) is 0.701. The van der Waals surface area contributed by atoms with Gasteiger partial charge in [0.05, 0.1) is 12.9 Å². The Morgan fingerprint density at radius 2 is 2.00 bits per heavy atom. The van der Waals surface area contributed by atoms with Gasteiger partial charge in [0.25, 0.3) is 0 Å². The van der Waals surface area contributed by atoms with Gasteiger partial charge in [-0.05, 0) is 67.2 Å². The molecular formula is C20H21ClO2. The van der Waals surface area contributed by atoms with Crippen molar-refractivity contribution < 1.29 is 9.47 Å². The van der Waals surface area contributed by atoms with Crippen molar-refractivity contribution in [1.82, 2.24) is 0 Å². The highest BCUT2D eigenvalue weighted by Gasteiger charge is 2.15. The van der Waals surface area contributed by atoms with Crippen molar-refractivity contribution in [3.05, 3.63) is 76.5 Å². The molecule has 0 aliphatic carbocycles. The van der Waals surface area contributed by atoms with Crippen LogP contribution in [0.25, 0.3) is 0 Å². The average Bonchev–Trinajstić information content (AvgIpc) is 2.59. The first-order valence-corrected chi connectivity index (χ1v) is 8.44. The van der Waals surface area contributed by atoms with E-state index in [0.717, 1.165) is 35.6 Å². The van der Waals surface area contributed by atoms with Crippen molar-refractivity contribution in [2.75, 3.05) is 6.61 Å². The van der Waals surface area contributed by atoms with E-state index in [1.165, 1.54) is 11.1 Å². The summed E-state index contributed by atoms with van der Waals surface area (Å²) in [6, 6.07) is 14.4. The summed E-state index contributed by atoms with van der Waals surface area (Å²) in [6.07, 6.45) is 6.88. The van der Waals surface area contributed by atoms with Gasteiger partial charge in [0.15, 0.2) is 0 Å². The molecule has 0 fully saturated rings. The van der Waals surface area contributed by atoms with E-state index in [1.807, 2.05) is 25.1 Å². The van der Waals surface area contributed by atoms with E-state index in [1.54, 1.807) is 6.26 Å². The van der Waals surface area contributed by atoms with Crippen LogP contribution in [0.3, 0.4) is 0 Å². The van der Waals surface area contributed by atoms with Gasteiger partial charge in [-0.15, -0.1) is 0 Å². The lowest BCUT2D eigenvalue weighted by Gasteiger charge is -2.20. The number of halogens is 1. The summed E-state index contributed by atoms with van der Waals surface area (Å²) in [5.41, 5.74) is 3.54. The maximum absolute atomic E-state index is 6.39. The first kappa shape index (κ1) is 15.9. The first-order valence-electron chi connectivity index (χ1n) is 8.07. The van der Waals surface area contributed by atoms with Crippen molar-refractivity contribution in [1.29, 1.82) is 0 Å². The van der Waals surface area contributed by atoms with Crippen LogP contribution < -0.4 is 4.74 Å². The lowest BCUT2D eigenvalue weighted by Crippen LogP contribution is -2.04. The molecule has 2 aromatic carbocycles. The Kier molecular flexibility index (Phi) is 5.24.